The fourth-order valence-corrected chi connectivity index (χ4v) is 2.77. The Morgan fingerprint density at radius 3 is 2.79 bits per heavy atom. The van der Waals surface area contributed by atoms with Gasteiger partial charge in [-0.15, -0.1) is 5.10 Å². The number of H-pyrrole nitrogens is 1. The lowest BCUT2D eigenvalue weighted by Crippen LogP contribution is -2.35. The second-order valence-corrected chi connectivity index (χ2v) is 6.43. The fraction of sp³-hybridized carbons (Fsp3) is 0.389. The van der Waals surface area contributed by atoms with Crippen molar-refractivity contribution in [3.05, 3.63) is 29.8 Å². The zero-order valence-corrected chi connectivity index (χ0v) is 16.0. The summed E-state index contributed by atoms with van der Waals surface area (Å²) in [7, 11) is 0. The van der Waals surface area contributed by atoms with Gasteiger partial charge < -0.3 is 20.1 Å². The van der Waals surface area contributed by atoms with Crippen molar-refractivity contribution in [3.8, 4) is 5.75 Å². The number of nitrogens with zero attached hydrogens (tertiary/aromatic N) is 5. The molecule has 28 heavy (non-hydrogen) atoms. The van der Waals surface area contributed by atoms with Crippen molar-refractivity contribution in [1.29, 1.82) is 0 Å². The molecule has 2 heterocycles. The molecule has 2 aromatic heterocycles. The third kappa shape index (κ3) is 4.34. The summed E-state index contributed by atoms with van der Waals surface area (Å²) >= 11 is 0. The molecule has 10 nitrogen and oxygen atoms in total. The summed E-state index contributed by atoms with van der Waals surface area (Å²) in [5.41, 5.74) is 1.72. The third-order valence-corrected chi connectivity index (χ3v) is 4.07. The van der Waals surface area contributed by atoms with Crippen molar-refractivity contribution in [2.45, 2.75) is 33.4 Å². The number of nitrogens with one attached hydrogen (secondary N) is 2. The Kier molecular flexibility index (Phi) is 5.99. The minimum absolute atomic E-state index is 0.0169. The summed E-state index contributed by atoms with van der Waals surface area (Å²) in [4.78, 5) is 22.2. The van der Waals surface area contributed by atoms with E-state index in [1.165, 1.54) is 6.92 Å². The number of aliphatic hydroxyl groups excluding tert-OH is 1. The SMILES string of the molecule is CC(=O)Oc1ccccc1CNc1nc(N(CCO)C(C)C)nc2n[nH]nc12. The van der Waals surface area contributed by atoms with Crippen molar-refractivity contribution < 1.29 is 14.6 Å². The number of rotatable bonds is 8. The van der Waals surface area contributed by atoms with Crippen molar-refractivity contribution >= 4 is 28.9 Å². The van der Waals surface area contributed by atoms with Crippen LogP contribution >= 0.6 is 0 Å². The largest absolute Gasteiger partial charge is 0.426 e. The van der Waals surface area contributed by atoms with E-state index in [-0.39, 0.29) is 18.6 Å². The molecule has 0 aliphatic rings. The van der Waals surface area contributed by atoms with Crippen LogP contribution in [0.4, 0.5) is 11.8 Å². The first kappa shape index (κ1) is 19.5. The second kappa shape index (κ2) is 8.61. The van der Waals surface area contributed by atoms with Crippen LogP contribution in [0.25, 0.3) is 11.2 Å². The first-order valence-electron chi connectivity index (χ1n) is 8.95. The van der Waals surface area contributed by atoms with Crippen LogP contribution in [0.3, 0.4) is 0 Å². The molecular formula is C18H23N7O3. The molecule has 0 amide bonds. The molecule has 10 heteroatoms. The molecule has 0 aliphatic carbocycles. The molecule has 0 aliphatic heterocycles. The van der Waals surface area contributed by atoms with E-state index >= 15 is 0 Å². The molecule has 3 aromatic rings. The zero-order valence-electron chi connectivity index (χ0n) is 16.0. The molecule has 3 rings (SSSR count). The highest BCUT2D eigenvalue weighted by molar-refractivity contribution is 5.83. The van der Waals surface area contributed by atoms with Crippen LogP contribution in [0.2, 0.25) is 0 Å². The number of ether oxygens (including phenoxy) is 1. The summed E-state index contributed by atoms with van der Waals surface area (Å²) < 4.78 is 5.25. The number of carbonyl (C=O) groups is 1. The van der Waals surface area contributed by atoms with Crippen LogP contribution in [0.5, 0.6) is 5.75 Å². The van der Waals surface area contributed by atoms with E-state index in [4.69, 9.17) is 4.74 Å². The smallest absolute Gasteiger partial charge is 0.308 e. The molecule has 148 valence electrons. The number of fused-ring (bicyclic) bond motifs is 1. The number of carbonyl (C=O) groups excluding carboxylic acids is 1. The molecule has 0 spiro atoms. The summed E-state index contributed by atoms with van der Waals surface area (Å²) in [5, 5.41) is 23.3. The number of para-hydroxylation sites is 1. The maximum absolute atomic E-state index is 11.3. The number of esters is 1. The number of aromatic nitrogens is 5. The maximum Gasteiger partial charge on any atom is 0.308 e. The molecular weight excluding hydrogens is 362 g/mol. The van der Waals surface area contributed by atoms with E-state index in [0.29, 0.717) is 41.8 Å². The number of aliphatic hydroxyl groups is 1. The van der Waals surface area contributed by atoms with Gasteiger partial charge in [-0.2, -0.15) is 20.3 Å². The highest BCUT2D eigenvalue weighted by Crippen LogP contribution is 2.24. The van der Waals surface area contributed by atoms with Gasteiger partial charge in [0, 0.05) is 31.6 Å². The van der Waals surface area contributed by atoms with Gasteiger partial charge in [-0.25, -0.2) is 0 Å². The van der Waals surface area contributed by atoms with Crippen LogP contribution in [-0.4, -0.2) is 55.6 Å². The molecule has 1 aromatic carbocycles. The summed E-state index contributed by atoms with van der Waals surface area (Å²) in [6.07, 6.45) is 0. The average molecular weight is 385 g/mol. The van der Waals surface area contributed by atoms with E-state index in [0.717, 1.165) is 5.56 Å². The van der Waals surface area contributed by atoms with Crippen molar-refractivity contribution in [3.63, 3.8) is 0 Å². The summed E-state index contributed by atoms with van der Waals surface area (Å²) in [5.74, 6) is 1.04. The zero-order chi connectivity index (χ0) is 20.1. The molecule has 0 bridgehead atoms. The van der Waals surface area contributed by atoms with Gasteiger partial charge in [0.2, 0.25) is 11.6 Å². The number of aromatic amines is 1. The highest BCUT2D eigenvalue weighted by atomic mass is 16.5. The van der Waals surface area contributed by atoms with Gasteiger partial charge in [0.1, 0.15) is 5.75 Å². The minimum atomic E-state index is -0.382. The number of hydrogen-bond donors (Lipinski definition) is 3. The topological polar surface area (TPSA) is 129 Å². The predicted octanol–water partition coefficient (Wildman–Crippen LogP) is 1.49. The van der Waals surface area contributed by atoms with Crippen molar-refractivity contribution in [2.75, 3.05) is 23.4 Å². The van der Waals surface area contributed by atoms with Gasteiger partial charge in [-0.1, -0.05) is 18.2 Å². The third-order valence-electron chi connectivity index (χ3n) is 4.07. The molecule has 0 saturated heterocycles. The second-order valence-electron chi connectivity index (χ2n) is 6.43. The van der Waals surface area contributed by atoms with Gasteiger partial charge in [0.15, 0.2) is 11.3 Å². The Bertz CT molecular complexity index is 957. The highest BCUT2D eigenvalue weighted by Gasteiger charge is 2.18. The van der Waals surface area contributed by atoms with Crippen LogP contribution in [0.15, 0.2) is 24.3 Å². The molecule has 3 N–H and O–H groups in total. The lowest BCUT2D eigenvalue weighted by molar-refractivity contribution is -0.131. The molecule has 0 radical (unpaired) electrons. The number of anilines is 2. The fourth-order valence-electron chi connectivity index (χ4n) is 2.77. The van der Waals surface area contributed by atoms with Gasteiger partial charge in [0.05, 0.1) is 6.61 Å². The van der Waals surface area contributed by atoms with Gasteiger partial charge in [-0.3, -0.25) is 4.79 Å². The molecule has 0 unspecified atom stereocenters. The van der Waals surface area contributed by atoms with Gasteiger partial charge in [0.25, 0.3) is 0 Å². The molecule has 0 atom stereocenters. The Morgan fingerprint density at radius 2 is 2.07 bits per heavy atom. The van der Waals surface area contributed by atoms with E-state index in [2.05, 4.69) is 30.7 Å². The quantitative estimate of drug-likeness (QED) is 0.390. The molecule has 0 fully saturated rings. The van der Waals surface area contributed by atoms with E-state index < -0.39 is 0 Å². The van der Waals surface area contributed by atoms with Crippen molar-refractivity contribution in [2.24, 2.45) is 0 Å². The van der Waals surface area contributed by atoms with E-state index in [9.17, 15) is 9.90 Å². The van der Waals surface area contributed by atoms with Crippen LogP contribution < -0.4 is 15.0 Å². The van der Waals surface area contributed by atoms with Crippen LogP contribution in [0.1, 0.15) is 26.3 Å². The molecule has 0 saturated carbocycles. The monoisotopic (exact) mass is 385 g/mol. The Hall–Kier alpha value is -3.27. The van der Waals surface area contributed by atoms with E-state index in [1.54, 1.807) is 12.1 Å². The number of benzene rings is 1. The maximum atomic E-state index is 11.3. The average Bonchev–Trinajstić information content (AvgIpc) is 3.13. The lowest BCUT2D eigenvalue weighted by atomic mass is 10.2. The van der Waals surface area contributed by atoms with Crippen molar-refractivity contribution in [1.82, 2.24) is 25.4 Å². The summed E-state index contributed by atoms with van der Waals surface area (Å²) in [6, 6.07) is 7.35. The van der Waals surface area contributed by atoms with Gasteiger partial charge in [-0.05, 0) is 19.9 Å². The van der Waals surface area contributed by atoms with E-state index in [1.807, 2.05) is 30.9 Å². The Labute approximate surface area is 161 Å². The first-order chi connectivity index (χ1) is 13.5. The van der Waals surface area contributed by atoms with Crippen LogP contribution in [0, 0.1) is 0 Å². The lowest BCUT2D eigenvalue weighted by Gasteiger charge is -2.26. The predicted molar refractivity (Wildman–Crippen MR) is 104 cm³/mol. The minimum Gasteiger partial charge on any atom is -0.426 e. The summed E-state index contributed by atoms with van der Waals surface area (Å²) in [6.45, 7) is 6.10. The number of hydrogen-bond acceptors (Lipinski definition) is 9. The normalized spacial score (nSPS) is 11.0. The Balaban J connectivity index is 1.91. The Morgan fingerprint density at radius 1 is 1.29 bits per heavy atom. The van der Waals surface area contributed by atoms with Crippen LogP contribution in [-0.2, 0) is 11.3 Å². The van der Waals surface area contributed by atoms with Gasteiger partial charge >= 0.3 is 5.97 Å². The standard InChI is InChI=1S/C18H23N7O3/c1-11(2)25(8-9-26)18-20-16(15-17(21-18)23-24-22-15)19-10-13-6-4-5-7-14(13)28-12(3)27/h4-7,11,26H,8-10H2,1-3H3,(H2,19,20,21,22,23,24). The first-order valence-corrected chi connectivity index (χ1v) is 8.95.